The van der Waals surface area contributed by atoms with Crippen molar-refractivity contribution in [1.82, 2.24) is 0 Å². The molecule has 0 radical (unpaired) electrons. The molecule has 4 heteroatoms. The second kappa shape index (κ2) is 7.13. The Hall–Kier alpha value is -1.97. The summed E-state index contributed by atoms with van der Waals surface area (Å²) in [6.07, 6.45) is 0.731. The predicted molar refractivity (Wildman–Crippen MR) is 113 cm³/mol. The van der Waals surface area contributed by atoms with E-state index in [2.05, 4.69) is 6.07 Å². The van der Waals surface area contributed by atoms with E-state index in [1.807, 2.05) is 44.2 Å². The summed E-state index contributed by atoms with van der Waals surface area (Å²) in [5, 5.41) is 0.735. The van der Waals surface area contributed by atoms with E-state index in [0.717, 1.165) is 39.3 Å². The number of ketones is 2. The maximum absolute atomic E-state index is 13.1. The Morgan fingerprint density at radius 1 is 0.929 bits per heavy atom. The molecule has 0 amide bonds. The van der Waals surface area contributed by atoms with Gasteiger partial charge in [0.2, 0.25) is 0 Å². The van der Waals surface area contributed by atoms with Crippen LogP contribution in [0.15, 0.2) is 36.4 Å². The second-order valence-corrected chi connectivity index (χ2v) is 8.92. The lowest BCUT2D eigenvalue weighted by Gasteiger charge is -2.43. The number of rotatable bonds is 3. The fourth-order valence-corrected chi connectivity index (χ4v) is 4.15. The van der Waals surface area contributed by atoms with E-state index in [4.69, 9.17) is 16.3 Å². The Bertz CT molecular complexity index is 930. The Morgan fingerprint density at radius 2 is 1.46 bits per heavy atom. The van der Waals surface area contributed by atoms with Gasteiger partial charge in [0.25, 0.3) is 0 Å². The SMILES string of the molecule is CCc1cc(-c2ccc(Cl)c(C)c2)ccc1C1C(=O)C(C)(C)OC(C)(C)C1=O. The van der Waals surface area contributed by atoms with Crippen molar-refractivity contribution in [2.24, 2.45) is 0 Å². The third-order valence-corrected chi connectivity index (χ3v) is 5.97. The number of hydrogen-bond acceptors (Lipinski definition) is 3. The van der Waals surface area contributed by atoms with Crippen LogP contribution in [0, 0.1) is 6.92 Å². The number of aryl methyl sites for hydroxylation is 2. The van der Waals surface area contributed by atoms with Gasteiger partial charge < -0.3 is 4.74 Å². The first-order valence-electron chi connectivity index (χ1n) is 9.66. The van der Waals surface area contributed by atoms with Crippen LogP contribution >= 0.6 is 11.6 Å². The molecule has 148 valence electrons. The lowest BCUT2D eigenvalue weighted by molar-refractivity contribution is -0.184. The summed E-state index contributed by atoms with van der Waals surface area (Å²) in [5.41, 5.74) is 2.92. The van der Waals surface area contributed by atoms with Gasteiger partial charge in [0, 0.05) is 5.02 Å². The maximum Gasteiger partial charge on any atom is 0.179 e. The van der Waals surface area contributed by atoms with E-state index in [-0.39, 0.29) is 11.6 Å². The number of Topliss-reactive ketones (excluding diaryl/α,β-unsaturated/α-hetero) is 2. The van der Waals surface area contributed by atoms with Crippen LogP contribution in [0.3, 0.4) is 0 Å². The lowest BCUT2D eigenvalue weighted by atomic mass is 9.73. The average molecular weight is 399 g/mol. The second-order valence-electron chi connectivity index (χ2n) is 8.52. The largest absolute Gasteiger partial charge is 0.354 e. The molecule has 0 atom stereocenters. The molecule has 1 saturated heterocycles. The molecule has 0 bridgehead atoms. The zero-order valence-corrected chi connectivity index (χ0v) is 18.1. The van der Waals surface area contributed by atoms with Crippen LogP contribution in [0.5, 0.6) is 0 Å². The van der Waals surface area contributed by atoms with Gasteiger partial charge >= 0.3 is 0 Å². The van der Waals surface area contributed by atoms with Gasteiger partial charge in [-0.1, -0.05) is 42.8 Å². The zero-order chi connectivity index (χ0) is 20.9. The van der Waals surface area contributed by atoms with Crippen molar-refractivity contribution >= 4 is 23.2 Å². The fourth-order valence-electron chi connectivity index (χ4n) is 4.03. The summed E-state index contributed by atoms with van der Waals surface area (Å²) in [6.45, 7) is 11.0. The van der Waals surface area contributed by atoms with Crippen LogP contribution in [0.4, 0.5) is 0 Å². The molecule has 0 N–H and O–H groups in total. The van der Waals surface area contributed by atoms with Gasteiger partial charge in [-0.15, -0.1) is 0 Å². The highest BCUT2D eigenvalue weighted by atomic mass is 35.5. The Labute approximate surface area is 172 Å². The number of halogens is 1. The normalized spacial score (nSPS) is 19.1. The lowest BCUT2D eigenvalue weighted by Crippen LogP contribution is -2.58. The molecule has 0 aliphatic carbocycles. The molecule has 3 nitrogen and oxygen atoms in total. The molecule has 28 heavy (non-hydrogen) atoms. The van der Waals surface area contributed by atoms with E-state index >= 15 is 0 Å². The first-order valence-corrected chi connectivity index (χ1v) is 10.0. The van der Waals surface area contributed by atoms with Crippen LogP contribution in [-0.2, 0) is 20.7 Å². The van der Waals surface area contributed by atoms with E-state index in [9.17, 15) is 9.59 Å². The number of carbonyl (C=O) groups excluding carboxylic acids is 2. The molecular weight excluding hydrogens is 372 g/mol. The van der Waals surface area contributed by atoms with Crippen LogP contribution in [0.2, 0.25) is 5.02 Å². The fraction of sp³-hybridized carbons (Fsp3) is 0.417. The molecule has 1 heterocycles. The van der Waals surface area contributed by atoms with Gasteiger partial charge in [-0.3, -0.25) is 9.59 Å². The first kappa shape index (κ1) is 20.8. The number of hydrogen-bond donors (Lipinski definition) is 0. The third-order valence-electron chi connectivity index (χ3n) is 5.55. The van der Waals surface area contributed by atoms with E-state index < -0.39 is 17.1 Å². The Balaban J connectivity index is 2.10. The standard InChI is InChI=1S/C24H27ClO3/c1-7-15-13-17(16-9-11-19(25)14(2)12-16)8-10-18(15)20-21(26)23(3,4)28-24(5,6)22(20)27/h8-13,20H,7H2,1-6H3. The van der Waals surface area contributed by atoms with E-state index in [1.165, 1.54) is 0 Å². The minimum absolute atomic E-state index is 0.179. The smallest absolute Gasteiger partial charge is 0.179 e. The molecule has 1 aliphatic heterocycles. The van der Waals surface area contributed by atoms with E-state index in [1.54, 1.807) is 27.7 Å². The molecule has 1 fully saturated rings. The molecule has 3 rings (SSSR count). The number of benzene rings is 2. The maximum atomic E-state index is 13.1. The van der Waals surface area contributed by atoms with Crippen molar-refractivity contribution in [1.29, 1.82) is 0 Å². The van der Waals surface area contributed by atoms with Crippen LogP contribution in [0.1, 0.15) is 57.2 Å². The van der Waals surface area contributed by atoms with Crippen molar-refractivity contribution in [2.75, 3.05) is 0 Å². The highest BCUT2D eigenvalue weighted by molar-refractivity contribution is 6.31. The molecule has 1 aliphatic rings. The van der Waals surface area contributed by atoms with Gasteiger partial charge in [0.15, 0.2) is 11.6 Å². The Morgan fingerprint density at radius 3 is 2.00 bits per heavy atom. The van der Waals surface area contributed by atoms with Gasteiger partial charge in [0.05, 0.1) is 0 Å². The molecule has 2 aromatic rings. The molecule has 0 aromatic heterocycles. The molecule has 0 spiro atoms. The molecule has 0 saturated carbocycles. The summed E-state index contributed by atoms with van der Waals surface area (Å²) in [7, 11) is 0. The highest BCUT2D eigenvalue weighted by Crippen LogP contribution is 2.40. The average Bonchev–Trinajstić information content (AvgIpc) is 2.62. The van der Waals surface area contributed by atoms with Crippen molar-refractivity contribution < 1.29 is 14.3 Å². The van der Waals surface area contributed by atoms with Crippen molar-refractivity contribution in [3.05, 3.63) is 58.1 Å². The molecule has 0 unspecified atom stereocenters. The highest BCUT2D eigenvalue weighted by Gasteiger charge is 2.53. The van der Waals surface area contributed by atoms with Crippen molar-refractivity contribution in [3.8, 4) is 11.1 Å². The number of carbonyl (C=O) groups is 2. The predicted octanol–water partition coefficient (Wildman–Crippen LogP) is 5.69. The number of ether oxygens (including phenoxy) is 1. The summed E-state index contributed by atoms with van der Waals surface area (Å²) < 4.78 is 5.82. The molecular formula is C24H27ClO3. The Kier molecular flexibility index (Phi) is 5.28. The quantitative estimate of drug-likeness (QED) is 0.624. The van der Waals surface area contributed by atoms with Crippen molar-refractivity contribution in [2.45, 2.75) is 65.1 Å². The third kappa shape index (κ3) is 3.54. The van der Waals surface area contributed by atoms with E-state index in [0.29, 0.717) is 0 Å². The minimum atomic E-state index is -1.00. The van der Waals surface area contributed by atoms with Crippen molar-refractivity contribution in [3.63, 3.8) is 0 Å². The molecule has 2 aromatic carbocycles. The minimum Gasteiger partial charge on any atom is -0.354 e. The van der Waals surface area contributed by atoms with Crippen LogP contribution < -0.4 is 0 Å². The van der Waals surface area contributed by atoms with Crippen LogP contribution in [0.25, 0.3) is 11.1 Å². The summed E-state index contributed by atoms with van der Waals surface area (Å²) >= 11 is 6.15. The van der Waals surface area contributed by atoms with Gasteiger partial charge in [-0.25, -0.2) is 0 Å². The van der Waals surface area contributed by atoms with Gasteiger partial charge in [-0.05, 0) is 81.0 Å². The monoisotopic (exact) mass is 398 g/mol. The van der Waals surface area contributed by atoms with Gasteiger partial charge in [-0.2, -0.15) is 0 Å². The van der Waals surface area contributed by atoms with Gasteiger partial charge in [0.1, 0.15) is 17.1 Å². The summed E-state index contributed by atoms with van der Waals surface area (Å²) in [5.74, 6) is -1.15. The summed E-state index contributed by atoms with van der Waals surface area (Å²) in [4.78, 5) is 26.2. The summed E-state index contributed by atoms with van der Waals surface area (Å²) in [6, 6.07) is 11.9. The van der Waals surface area contributed by atoms with Crippen LogP contribution in [-0.4, -0.2) is 22.8 Å². The first-order chi connectivity index (χ1) is 13.0. The topological polar surface area (TPSA) is 43.4 Å². The zero-order valence-electron chi connectivity index (χ0n) is 17.4.